The van der Waals surface area contributed by atoms with Crippen molar-refractivity contribution in [2.24, 2.45) is 5.41 Å². The molecule has 0 atom stereocenters. The highest BCUT2D eigenvalue weighted by Gasteiger charge is 2.42. The quantitative estimate of drug-likeness (QED) is 0.812. The molecule has 1 N–H and O–H groups in total. The molecule has 0 bridgehead atoms. The molecule has 88 valence electrons. The van der Waals surface area contributed by atoms with Gasteiger partial charge < -0.3 is 5.11 Å². The van der Waals surface area contributed by atoms with Gasteiger partial charge in [-0.25, -0.2) is 4.79 Å². The molecule has 1 aromatic carbocycles. The van der Waals surface area contributed by atoms with E-state index in [1.165, 1.54) is 0 Å². The molecule has 0 unspecified atom stereocenters. The van der Waals surface area contributed by atoms with E-state index in [1.807, 2.05) is 12.1 Å². The molecule has 3 nitrogen and oxygen atoms in total. The number of hydrogen-bond acceptors (Lipinski definition) is 3. The van der Waals surface area contributed by atoms with E-state index in [0.29, 0.717) is 12.0 Å². The predicted molar refractivity (Wildman–Crippen MR) is 66.0 cm³/mol. The molecule has 4 heteroatoms. The molecular weight excluding hydrogens is 234 g/mol. The van der Waals surface area contributed by atoms with Crippen molar-refractivity contribution in [3.05, 3.63) is 29.8 Å². The Bertz CT molecular complexity index is 457. The van der Waals surface area contributed by atoms with Gasteiger partial charge in [0.2, 0.25) is 0 Å². The molecule has 2 rings (SSSR count). The van der Waals surface area contributed by atoms with Crippen molar-refractivity contribution in [2.75, 3.05) is 5.75 Å². The minimum absolute atomic E-state index is 0.227. The van der Waals surface area contributed by atoms with Gasteiger partial charge in [-0.2, -0.15) is 5.26 Å². The largest absolute Gasteiger partial charge is 0.478 e. The molecule has 17 heavy (non-hydrogen) atoms. The second-order valence-corrected chi connectivity index (χ2v) is 5.50. The lowest BCUT2D eigenvalue weighted by molar-refractivity contribution is 0.0697. The number of nitrogens with zero attached hydrogens (tertiary/aromatic N) is 1. The van der Waals surface area contributed by atoms with E-state index in [-0.39, 0.29) is 5.41 Å². The summed E-state index contributed by atoms with van der Waals surface area (Å²) in [6, 6.07) is 9.14. The van der Waals surface area contributed by atoms with E-state index < -0.39 is 5.97 Å². The Morgan fingerprint density at radius 1 is 1.41 bits per heavy atom. The predicted octanol–water partition coefficient (Wildman–Crippen LogP) is 3.17. The molecule has 0 aliphatic heterocycles. The molecule has 0 spiro atoms. The summed E-state index contributed by atoms with van der Waals surface area (Å²) in [6.45, 7) is 0. The van der Waals surface area contributed by atoms with Crippen molar-refractivity contribution in [3.8, 4) is 6.07 Å². The molecule has 1 saturated carbocycles. The third-order valence-corrected chi connectivity index (χ3v) is 4.42. The van der Waals surface area contributed by atoms with E-state index in [4.69, 9.17) is 10.4 Å². The van der Waals surface area contributed by atoms with Crippen LogP contribution >= 0.6 is 11.8 Å². The molecule has 1 fully saturated rings. The third-order valence-electron chi connectivity index (χ3n) is 3.06. The molecule has 0 saturated heterocycles. The summed E-state index contributed by atoms with van der Waals surface area (Å²) in [4.78, 5) is 11.8. The van der Waals surface area contributed by atoms with Crippen LogP contribution in [0.3, 0.4) is 0 Å². The van der Waals surface area contributed by atoms with E-state index in [0.717, 1.165) is 23.5 Å². The number of nitriles is 1. The van der Waals surface area contributed by atoms with Crippen molar-refractivity contribution >= 4 is 17.7 Å². The standard InChI is InChI=1S/C13H13NO2S/c14-8-7-13(5-6-13)9-17-11-3-1-10(2-4-11)12(15)16/h1-4H,5-7,9H2,(H,15,16). The van der Waals surface area contributed by atoms with Gasteiger partial charge in [-0.15, -0.1) is 11.8 Å². The number of thioether (sulfide) groups is 1. The van der Waals surface area contributed by atoms with E-state index in [9.17, 15) is 4.79 Å². The first kappa shape index (κ1) is 12.0. The first-order chi connectivity index (χ1) is 8.15. The Morgan fingerprint density at radius 2 is 2.06 bits per heavy atom. The monoisotopic (exact) mass is 247 g/mol. The van der Waals surface area contributed by atoms with Crippen molar-refractivity contribution < 1.29 is 9.90 Å². The van der Waals surface area contributed by atoms with Crippen molar-refractivity contribution in [2.45, 2.75) is 24.2 Å². The summed E-state index contributed by atoms with van der Waals surface area (Å²) < 4.78 is 0. The van der Waals surface area contributed by atoms with Gasteiger partial charge in [0.25, 0.3) is 0 Å². The van der Waals surface area contributed by atoms with Gasteiger partial charge in [-0.1, -0.05) is 0 Å². The van der Waals surface area contributed by atoms with Crippen LogP contribution in [0, 0.1) is 16.7 Å². The zero-order valence-corrected chi connectivity index (χ0v) is 10.2. The van der Waals surface area contributed by atoms with E-state index >= 15 is 0 Å². The highest BCUT2D eigenvalue weighted by atomic mass is 32.2. The maximum absolute atomic E-state index is 10.7. The second-order valence-electron chi connectivity index (χ2n) is 4.45. The second kappa shape index (κ2) is 4.80. The summed E-state index contributed by atoms with van der Waals surface area (Å²) in [6.07, 6.45) is 2.91. The number of rotatable bonds is 5. The average molecular weight is 247 g/mol. The van der Waals surface area contributed by atoms with Crippen LogP contribution in [0.15, 0.2) is 29.2 Å². The molecule has 0 heterocycles. The third kappa shape index (κ3) is 3.01. The Balaban J connectivity index is 1.92. The van der Waals surface area contributed by atoms with Gasteiger partial charge in [0.05, 0.1) is 11.6 Å². The number of benzene rings is 1. The molecule has 0 aromatic heterocycles. The fourth-order valence-electron chi connectivity index (χ4n) is 1.65. The van der Waals surface area contributed by atoms with Gasteiger partial charge in [-0.05, 0) is 42.5 Å². The SMILES string of the molecule is N#CCC1(CSc2ccc(C(=O)O)cc2)CC1. The molecule has 1 aromatic rings. The number of carbonyl (C=O) groups is 1. The van der Waals surface area contributed by atoms with Crippen LogP contribution in [0.4, 0.5) is 0 Å². The summed E-state index contributed by atoms with van der Waals surface area (Å²) in [5.74, 6) is 0.0529. The molecule has 0 radical (unpaired) electrons. The lowest BCUT2D eigenvalue weighted by Crippen LogP contribution is -2.02. The maximum Gasteiger partial charge on any atom is 0.335 e. The van der Waals surface area contributed by atoms with Gasteiger partial charge in [0.15, 0.2) is 0 Å². The fraction of sp³-hybridized carbons (Fsp3) is 0.385. The summed E-state index contributed by atoms with van der Waals surface area (Å²) in [7, 11) is 0. The lowest BCUT2D eigenvalue weighted by Gasteiger charge is -2.09. The molecule has 1 aliphatic carbocycles. The number of aromatic carboxylic acids is 1. The summed E-state index contributed by atoms with van der Waals surface area (Å²) in [5, 5.41) is 17.5. The lowest BCUT2D eigenvalue weighted by atomic mass is 10.1. The van der Waals surface area contributed by atoms with Crippen molar-refractivity contribution in [1.82, 2.24) is 0 Å². The molecular formula is C13H13NO2S. The van der Waals surface area contributed by atoms with Crippen LogP contribution in [0.5, 0.6) is 0 Å². The first-order valence-corrected chi connectivity index (χ1v) is 6.47. The number of hydrogen-bond donors (Lipinski definition) is 1. The highest BCUT2D eigenvalue weighted by molar-refractivity contribution is 7.99. The Labute approximate surface area is 104 Å². The highest BCUT2D eigenvalue weighted by Crippen LogP contribution is 2.51. The normalized spacial score (nSPS) is 16.2. The van der Waals surface area contributed by atoms with Gasteiger partial charge in [-0.3, -0.25) is 0 Å². The smallest absolute Gasteiger partial charge is 0.335 e. The molecule has 1 aliphatic rings. The summed E-state index contributed by atoms with van der Waals surface area (Å²) >= 11 is 1.71. The Hall–Kier alpha value is -1.47. The van der Waals surface area contributed by atoms with Crippen LogP contribution in [-0.4, -0.2) is 16.8 Å². The maximum atomic E-state index is 10.7. The van der Waals surface area contributed by atoms with Crippen molar-refractivity contribution in [3.63, 3.8) is 0 Å². The zero-order chi connectivity index (χ0) is 12.3. The fourth-order valence-corrected chi connectivity index (χ4v) is 2.84. The van der Waals surface area contributed by atoms with Crippen LogP contribution < -0.4 is 0 Å². The average Bonchev–Trinajstić information content (AvgIpc) is 3.08. The van der Waals surface area contributed by atoms with Crippen LogP contribution in [0.1, 0.15) is 29.6 Å². The van der Waals surface area contributed by atoms with Gasteiger partial charge in [0.1, 0.15) is 0 Å². The zero-order valence-electron chi connectivity index (χ0n) is 9.35. The number of carboxylic acids is 1. The van der Waals surface area contributed by atoms with Crippen LogP contribution in [0.25, 0.3) is 0 Å². The molecule has 0 amide bonds. The van der Waals surface area contributed by atoms with Gasteiger partial charge >= 0.3 is 5.97 Å². The summed E-state index contributed by atoms with van der Waals surface area (Å²) in [5.41, 5.74) is 0.540. The first-order valence-electron chi connectivity index (χ1n) is 5.48. The van der Waals surface area contributed by atoms with E-state index in [1.54, 1.807) is 23.9 Å². The Morgan fingerprint density at radius 3 is 2.53 bits per heavy atom. The van der Waals surface area contributed by atoms with Crippen LogP contribution in [0.2, 0.25) is 0 Å². The van der Waals surface area contributed by atoms with Crippen molar-refractivity contribution in [1.29, 1.82) is 5.26 Å². The minimum Gasteiger partial charge on any atom is -0.478 e. The number of carboxylic acid groups (broad SMARTS) is 1. The topological polar surface area (TPSA) is 61.1 Å². The van der Waals surface area contributed by atoms with E-state index in [2.05, 4.69) is 6.07 Å². The van der Waals surface area contributed by atoms with Crippen LogP contribution in [-0.2, 0) is 0 Å². The Kier molecular flexibility index (Phi) is 3.39. The van der Waals surface area contributed by atoms with Gasteiger partial charge in [0, 0.05) is 17.1 Å². The minimum atomic E-state index is -0.898.